The van der Waals surface area contributed by atoms with Crippen molar-refractivity contribution in [3.63, 3.8) is 0 Å². The molecule has 19 heavy (non-hydrogen) atoms. The lowest BCUT2D eigenvalue weighted by atomic mass is 9.82. The van der Waals surface area contributed by atoms with Gasteiger partial charge in [0.2, 0.25) is 0 Å². The van der Waals surface area contributed by atoms with Crippen molar-refractivity contribution in [1.82, 2.24) is 0 Å². The lowest BCUT2D eigenvalue weighted by molar-refractivity contribution is 0.194. The number of ether oxygens (including phenoxy) is 1. The standard InChI is InChI=1S/C16H18ClNO/c17-10-9-13-1-3-15(4-2-13)12-19-16-7-5-14(11-18)6-8-16/h5-10,13,15H,1-4,12H2. The molecule has 0 amide bonds. The van der Waals surface area contributed by atoms with Crippen molar-refractivity contribution in [3.8, 4) is 11.8 Å². The van der Waals surface area contributed by atoms with Gasteiger partial charge >= 0.3 is 0 Å². The normalized spacial score (nSPS) is 23.2. The zero-order valence-electron chi connectivity index (χ0n) is 10.9. The minimum atomic E-state index is 0.635. The molecule has 0 saturated heterocycles. The summed E-state index contributed by atoms with van der Waals surface area (Å²) in [7, 11) is 0. The van der Waals surface area contributed by atoms with E-state index in [2.05, 4.69) is 12.1 Å². The molecule has 1 aromatic carbocycles. The van der Waals surface area contributed by atoms with Crippen LogP contribution >= 0.6 is 11.6 Å². The van der Waals surface area contributed by atoms with E-state index >= 15 is 0 Å². The highest BCUT2D eigenvalue weighted by atomic mass is 35.5. The summed E-state index contributed by atoms with van der Waals surface area (Å²) >= 11 is 5.61. The molecular formula is C16H18ClNO. The first-order chi connectivity index (χ1) is 9.31. The van der Waals surface area contributed by atoms with E-state index in [1.807, 2.05) is 12.1 Å². The fourth-order valence-electron chi connectivity index (χ4n) is 2.49. The van der Waals surface area contributed by atoms with E-state index in [-0.39, 0.29) is 0 Å². The summed E-state index contributed by atoms with van der Waals surface area (Å²) in [4.78, 5) is 0. The predicted molar refractivity (Wildman–Crippen MR) is 77.1 cm³/mol. The highest BCUT2D eigenvalue weighted by Crippen LogP contribution is 2.30. The van der Waals surface area contributed by atoms with Crippen LogP contribution in [-0.4, -0.2) is 6.61 Å². The summed E-state index contributed by atoms with van der Waals surface area (Å²) < 4.78 is 5.79. The lowest BCUT2D eigenvalue weighted by Gasteiger charge is -2.26. The molecule has 0 aliphatic heterocycles. The van der Waals surface area contributed by atoms with Gasteiger partial charge in [-0.15, -0.1) is 0 Å². The van der Waals surface area contributed by atoms with Gasteiger partial charge in [-0.25, -0.2) is 0 Å². The number of allylic oxidation sites excluding steroid dienone is 1. The summed E-state index contributed by atoms with van der Waals surface area (Å²) in [6.45, 7) is 0.767. The van der Waals surface area contributed by atoms with Crippen LogP contribution in [0.3, 0.4) is 0 Å². The maximum atomic E-state index is 8.73. The highest BCUT2D eigenvalue weighted by molar-refractivity contribution is 6.25. The molecule has 2 rings (SSSR count). The Morgan fingerprint density at radius 2 is 1.89 bits per heavy atom. The van der Waals surface area contributed by atoms with E-state index in [1.54, 1.807) is 17.7 Å². The molecule has 1 aliphatic rings. The molecule has 0 unspecified atom stereocenters. The van der Waals surface area contributed by atoms with Crippen LogP contribution in [-0.2, 0) is 0 Å². The Balaban J connectivity index is 1.75. The Morgan fingerprint density at radius 3 is 2.47 bits per heavy atom. The van der Waals surface area contributed by atoms with Crippen molar-refractivity contribution in [2.24, 2.45) is 11.8 Å². The molecule has 0 radical (unpaired) electrons. The van der Waals surface area contributed by atoms with Gasteiger partial charge in [0.1, 0.15) is 5.75 Å². The van der Waals surface area contributed by atoms with Gasteiger partial charge in [0.15, 0.2) is 0 Å². The number of nitriles is 1. The number of hydrogen-bond acceptors (Lipinski definition) is 2. The van der Waals surface area contributed by atoms with Crippen molar-refractivity contribution >= 4 is 11.6 Å². The van der Waals surface area contributed by atoms with Crippen LogP contribution in [0.4, 0.5) is 0 Å². The van der Waals surface area contributed by atoms with Crippen LogP contribution in [0.1, 0.15) is 31.2 Å². The third-order valence-corrected chi connectivity index (χ3v) is 3.85. The average molecular weight is 276 g/mol. The molecular weight excluding hydrogens is 258 g/mol. The maximum absolute atomic E-state index is 8.73. The van der Waals surface area contributed by atoms with E-state index < -0.39 is 0 Å². The van der Waals surface area contributed by atoms with Crippen molar-refractivity contribution < 1.29 is 4.74 Å². The number of benzene rings is 1. The summed E-state index contributed by atoms with van der Waals surface area (Å²) in [5.41, 5.74) is 2.30. The van der Waals surface area contributed by atoms with Gasteiger partial charge in [0.05, 0.1) is 18.2 Å². The summed E-state index contributed by atoms with van der Waals surface area (Å²) in [6.07, 6.45) is 6.89. The van der Waals surface area contributed by atoms with E-state index in [4.69, 9.17) is 21.6 Å². The summed E-state index contributed by atoms with van der Waals surface area (Å²) in [5, 5.41) is 8.73. The molecule has 0 heterocycles. The Bertz CT molecular complexity index is 453. The van der Waals surface area contributed by atoms with Gasteiger partial charge in [0, 0.05) is 5.54 Å². The Labute approximate surface area is 119 Å². The second kappa shape index (κ2) is 7.21. The first kappa shape index (κ1) is 14.0. The molecule has 0 atom stereocenters. The summed E-state index contributed by atoms with van der Waals surface area (Å²) in [6, 6.07) is 9.41. The van der Waals surface area contributed by atoms with Crippen LogP contribution in [0.25, 0.3) is 0 Å². The zero-order valence-corrected chi connectivity index (χ0v) is 11.6. The Kier molecular flexibility index (Phi) is 5.30. The number of rotatable bonds is 4. The highest BCUT2D eigenvalue weighted by Gasteiger charge is 2.19. The van der Waals surface area contributed by atoms with Crippen LogP contribution in [0.2, 0.25) is 0 Å². The van der Waals surface area contributed by atoms with Crippen molar-refractivity contribution in [3.05, 3.63) is 41.4 Å². The molecule has 1 aromatic rings. The molecule has 0 bridgehead atoms. The van der Waals surface area contributed by atoms with Crippen molar-refractivity contribution in [1.29, 1.82) is 5.26 Å². The molecule has 2 nitrogen and oxygen atoms in total. The van der Waals surface area contributed by atoms with Gasteiger partial charge in [0.25, 0.3) is 0 Å². The fraction of sp³-hybridized carbons (Fsp3) is 0.438. The van der Waals surface area contributed by atoms with Crippen LogP contribution in [0, 0.1) is 23.2 Å². The van der Waals surface area contributed by atoms with Crippen LogP contribution in [0.15, 0.2) is 35.9 Å². The van der Waals surface area contributed by atoms with E-state index in [1.165, 1.54) is 25.7 Å². The molecule has 0 spiro atoms. The predicted octanol–water partition coefficient (Wildman–Crippen LogP) is 4.50. The first-order valence-electron chi connectivity index (χ1n) is 6.71. The van der Waals surface area contributed by atoms with Gasteiger partial charge in [-0.2, -0.15) is 5.26 Å². The molecule has 1 aliphatic carbocycles. The van der Waals surface area contributed by atoms with E-state index in [0.717, 1.165) is 12.4 Å². The van der Waals surface area contributed by atoms with Gasteiger partial charge in [-0.05, 0) is 61.8 Å². The monoisotopic (exact) mass is 275 g/mol. The third-order valence-electron chi connectivity index (χ3n) is 3.71. The molecule has 1 saturated carbocycles. The minimum Gasteiger partial charge on any atom is -0.493 e. The number of nitrogens with zero attached hydrogens (tertiary/aromatic N) is 1. The SMILES string of the molecule is N#Cc1ccc(OCC2CCC(C=CCl)CC2)cc1. The number of halogens is 1. The average Bonchev–Trinajstić information content (AvgIpc) is 2.47. The maximum Gasteiger partial charge on any atom is 0.119 e. The zero-order chi connectivity index (χ0) is 13.5. The quantitative estimate of drug-likeness (QED) is 0.811. The van der Waals surface area contributed by atoms with Gasteiger partial charge in [-0.3, -0.25) is 0 Å². The van der Waals surface area contributed by atoms with Crippen LogP contribution < -0.4 is 4.74 Å². The summed E-state index contributed by atoms with van der Waals surface area (Å²) in [5.74, 6) is 2.13. The molecule has 3 heteroatoms. The minimum absolute atomic E-state index is 0.635. The molecule has 0 aromatic heterocycles. The largest absolute Gasteiger partial charge is 0.493 e. The first-order valence-corrected chi connectivity index (χ1v) is 7.15. The second-order valence-electron chi connectivity index (χ2n) is 5.05. The van der Waals surface area contributed by atoms with Crippen molar-refractivity contribution in [2.45, 2.75) is 25.7 Å². The smallest absolute Gasteiger partial charge is 0.119 e. The molecule has 1 fully saturated rings. The van der Waals surface area contributed by atoms with Crippen LogP contribution in [0.5, 0.6) is 5.75 Å². The molecule has 0 N–H and O–H groups in total. The fourth-order valence-corrected chi connectivity index (χ4v) is 2.70. The van der Waals surface area contributed by atoms with E-state index in [9.17, 15) is 0 Å². The van der Waals surface area contributed by atoms with Gasteiger partial charge < -0.3 is 4.74 Å². The second-order valence-corrected chi connectivity index (χ2v) is 5.30. The number of hydrogen-bond donors (Lipinski definition) is 0. The Hall–Kier alpha value is -1.46. The molecule has 100 valence electrons. The Morgan fingerprint density at radius 1 is 1.21 bits per heavy atom. The third kappa shape index (κ3) is 4.29. The topological polar surface area (TPSA) is 33.0 Å². The van der Waals surface area contributed by atoms with E-state index in [0.29, 0.717) is 17.4 Å². The van der Waals surface area contributed by atoms with Gasteiger partial charge in [-0.1, -0.05) is 17.7 Å². The lowest BCUT2D eigenvalue weighted by Crippen LogP contribution is -2.19. The van der Waals surface area contributed by atoms with Crippen molar-refractivity contribution in [2.75, 3.05) is 6.61 Å².